The predicted octanol–water partition coefficient (Wildman–Crippen LogP) is 5.08. The number of thiophene rings is 1. The predicted molar refractivity (Wildman–Crippen MR) is 68.9 cm³/mol. The Kier molecular flexibility index (Phi) is 3.42. The third kappa shape index (κ3) is 2.24. The molecule has 2 heteroatoms. The molecule has 1 aromatic heterocycles. The molecule has 1 aliphatic rings. The molecule has 2 rings (SSSR count). The molecular formula is C13H19ClS. The van der Waals surface area contributed by atoms with Crippen molar-refractivity contribution in [3.63, 3.8) is 0 Å². The summed E-state index contributed by atoms with van der Waals surface area (Å²) in [5.41, 5.74) is 1.39. The van der Waals surface area contributed by atoms with Crippen LogP contribution in [-0.4, -0.2) is 0 Å². The van der Waals surface area contributed by atoms with Crippen molar-refractivity contribution < 1.29 is 0 Å². The molecule has 0 aliphatic heterocycles. The molecule has 0 nitrogen and oxygen atoms in total. The van der Waals surface area contributed by atoms with E-state index in [1.165, 1.54) is 34.6 Å². The minimum Gasteiger partial charge on any atom is -0.144 e. The second-order valence-corrected chi connectivity index (χ2v) is 6.64. The molecule has 0 saturated heterocycles. The molecule has 0 N–H and O–H groups in total. The second kappa shape index (κ2) is 4.47. The van der Waals surface area contributed by atoms with Crippen LogP contribution in [0.3, 0.4) is 0 Å². The first-order valence-electron chi connectivity index (χ1n) is 5.80. The van der Waals surface area contributed by atoms with Gasteiger partial charge in [0.1, 0.15) is 0 Å². The van der Waals surface area contributed by atoms with Crippen LogP contribution < -0.4 is 0 Å². The van der Waals surface area contributed by atoms with Gasteiger partial charge in [-0.05, 0) is 43.7 Å². The zero-order valence-corrected chi connectivity index (χ0v) is 11.3. The smallest absolute Gasteiger partial charge is 0.0711 e. The summed E-state index contributed by atoms with van der Waals surface area (Å²) < 4.78 is 0. The Morgan fingerprint density at radius 3 is 2.60 bits per heavy atom. The highest BCUT2D eigenvalue weighted by Crippen LogP contribution is 2.46. The summed E-state index contributed by atoms with van der Waals surface area (Å²) in [6.45, 7) is 6.71. The maximum atomic E-state index is 6.64. The normalized spacial score (nSPS) is 28.3. The van der Waals surface area contributed by atoms with E-state index < -0.39 is 0 Å². The second-order valence-electron chi connectivity index (χ2n) is 4.88. The van der Waals surface area contributed by atoms with Gasteiger partial charge >= 0.3 is 0 Å². The number of alkyl halides is 1. The Labute approximate surface area is 102 Å². The van der Waals surface area contributed by atoms with Crippen LogP contribution in [0.2, 0.25) is 0 Å². The molecule has 84 valence electrons. The van der Waals surface area contributed by atoms with E-state index in [1.54, 1.807) is 0 Å². The molecule has 0 aromatic carbocycles. The summed E-state index contributed by atoms with van der Waals surface area (Å²) in [5, 5.41) is 0.251. The standard InChI is InChI=1S/C13H19ClS/c1-8-5-4-6-11(8)12(14)13-9(2)7-10(3)15-13/h7-8,11-12H,4-6H2,1-3H3. The Balaban J connectivity index is 2.19. The summed E-state index contributed by atoms with van der Waals surface area (Å²) in [6.07, 6.45) is 4.03. The van der Waals surface area contributed by atoms with Crippen molar-refractivity contribution >= 4 is 22.9 Å². The molecule has 1 saturated carbocycles. The molecule has 3 unspecified atom stereocenters. The van der Waals surface area contributed by atoms with E-state index in [9.17, 15) is 0 Å². The van der Waals surface area contributed by atoms with Crippen molar-refractivity contribution in [2.75, 3.05) is 0 Å². The first-order chi connectivity index (χ1) is 7.09. The van der Waals surface area contributed by atoms with Crippen LogP contribution in [0.4, 0.5) is 0 Å². The number of hydrogen-bond acceptors (Lipinski definition) is 1. The maximum Gasteiger partial charge on any atom is 0.0711 e. The Bertz CT molecular complexity index is 342. The molecule has 0 bridgehead atoms. The zero-order chi connectivity index (χ0) is 11.0. The lowest BCUT2D eigenvalue weighted by atomic mass is 9.92. The lowest BCUT2D eigenvalue weighted by Gasteiger charge is -2.21. The highest BCUT2D eigenvalue weighted by Gasteiger charge is 2.32. The van der Waals surface area contributed by atoms with Crippen LogP contribution in [0.25, 0.3) is 0 Å². The van der Waals surface area contributed by atoms with Crippen LogP contribution >= 0.6 is 22.9 Å². The average Bonchev–Trinajstić information content (AvgIpc) is 2.71. The van der Waals surface area contributed by atoms with Crippen LogP contribution in [-0.2, 0) is 0 Å². The molecule has 0 amide bonds. The summed E-state index contributed by atoms with van der Waals surface area (Å²) >= 11 is 8.52. The van der Waals surface area contributed by atoms with Gasteiger partial charge in [-0.15, -0.1) is 22.9 Å². The van der Waals surface area contributed by atoms with E-state index >= 15 is 0 Å². The highest BCUT2D eigenvalue weighted by atomic mass is 35.5. The third-order valence-electron chi connectivity index (χ3n) is 3.63. The average molecular weight is 243 g/mol. The fourth-order valence-corrected chi connectivity index (χ4v) is 4.51. The lowest BCUT2D eigenvalue weighted by Crippen LogP contribution is -2.10. The highest BCUT2D eigenvalue weighted by molar-refractivity contribution is 7.12. The van der Waals surface area contributed by atoms with Gasteiger partial charge in [0.15, 0.2) is 0 Å². The minimum absolute atomic E-state index is 0.251. The van der Waals surface area contributed by atoms with Gasteiger partial charge in [0.25, 0.3) is 0 Å². The van der Waals surface area contributed by atoms with Gasteiger partial charge in [-0.1, -0.05) is 19.8 Å². The zero-order valence-electron chi connectivity index (χ0n) is 9.72. The molecule has 1 aliphatic carbocycles. The van der Waals surface area contributed by atoms with Crippen molar-refractivity contribution in [3.8, 4) is 0 Å². The van der Waals surface area contributed by atoms with Crippen LogP contribution in [0.1, 0.15) is 46.9 Å². The van der Waals surface area contributed by atoms with Gasteiger partial charge in [-0.2, -0.15) is 0 Å². The number of halogens is 1. The summed E-state index contributed by atoms with van der Waals surface area (Å²) in [5.74, 6) is 1.50. The van der Waals surface area contributed by atoms with E-state index in [0.717, 1.165) is 5.92 Å². The third-order valence-corrected chi connectivity index (χ3v) is 5.54. The molecular weight excluding hydrogens is 224 g/mol. The van der Waals surface area contributed by atoms with Gasteiger partial charge in [0.05, 0.1) is 5.38 Å². The van der Waals surface area contributed by atoms with Crippen molar-refractivity contribution in [3.05, 3.63) is 21.4 Å². The van der Waals surface area contributed by atoms with Gasteiger partial charge in [-0.3, -0.25) is 0 Å². The molecule has 0 spiro atoms. The topological polar surface area (TPSA) is 0 Å². The van der Waals surface area contributed by atoms with Crippen LogP contribution in [0.5, 0.6) is 0 Å². The van der Waals surface area contributed by atoms with Gasteiger partial charge in [-0.25, -0.2) is 0 Å². The molecule has 1 heterocycles. The fraction of sp³-hybridized carbons (Fsp3) is 0.692. The summed E-state index contributed by atoms with van der Waals surface area (Å²) in [7, 11) is 0. The Hall–Kier alpha value is -0.0100. The Morgan fingerprint density at radius 1 is 1.40 bits per heavy atom. The van der Waals surface area contributed by atoms with E-state index in [4.69, 9.17) is 11.6 Å². The number of rotatable bonds is 2. The van der Waals surface area contributed by atoms with E-state index in [2.05, 4.69) is 26.8 Å². The van der Waals surface area contributed by atoms with Crippen molar-refractivity contribution in [1.82, 2.24) is 0 Å². The monoisotopic (exact) mass is 242 g/mol. The number of hydrogen-bond donors (Lipinski definition) is 0. The van der Waals surface area contributed by atoms with Crippen molar-refractivity contribution in [1.29, 1.82) is 0 Å². The van der Waals surface area contributed by atoms with Gasteiger partial charge < -0.3 is 0 Å². The molecule has 1 aromatic rings. The van der Waals surface area contributed by atoms with Crippen LogP contribution in [0, 0.1) is 25.7 Å². The molecule has 15 heavy (non-hydrogen) atoms. The molecule has 0 radical (unpaired) electrons. The van der Waals surface area contributed by atoms with Crippen molar-refractivity contribution in [2.24, 2.45) is 11.8 Å². The van der Waals surface area contributed by atoms with Gasteiger partial charge in [0.2, 0.25) is 0 Å². The first-order valence-corrected chi connectivity index (χ1v) is 7.06. The largest absolute Gasteiger partial charge is 0.144 e. The molecule has 1 fully saturated rings. The fourth-order valence-electron chi connectivity index (χ4n) is 2.74. The van der Waals surface area contributed by atoms with Crippen LogP contribution in [0.15, 0.2) is 6.07 Å². The van der Waals surface area contributed by atoms with Crippen molar-refractivity contribution in [2.45, 2.75) is 45.4 Å². The molecule has 3 atom stereocenters. The number of aryl methyl sites for hydroxylation is 2. The quantitative estimate of drug-likeness (QED) is 0.635. The first kappa shape index (κ1) is 11.5. The SMILES string of the molecule is Cc1cc(C)c(C(Cl)C2CCCC2C)s1. The maximum absolute atomic E-state index is 6.64. The summed E-state index contributed by atoms with van der Waals surface area (Å²) in [6, 6.07) is 2.26. The lowest BCUT2D eigenvalue weighted by molar-refractivity contribution is 0.408. The van der Waals surface area contributed by atoms with E-state index in [1.807, 2.05) is 11.3 Å². The van der Waals surface area contributed by atoms with Gasteiger partial charge in [0, 0.05) is 9.75 Å². The van der Waals surface area contributed by atoms with E-state index in [-0.39, 0.29) is 5.38 Å². The minimum atomic E-state index is 0.251. The Morgan fingerprint density at radius 2 is 2.13 bits per heavy atom. The summed E-state index contributed by atoms with van der Waals surface area (Å²) in [4.78, 5) is 2.80. The van der Waals surface area contributed by atoms with E-state index in [0.29, 0.717) is 5.92 Å².